The van der Waals surface area contributed by atoms with Crippen molar-refractivity contribution in [1.29, 1.82) is 0 Å². The molecule has 0 aliphatic heterocycles. The summed E-state index contributed by atoms with van der Waals surface area (Å²) < 4.78 is 51.0. The van der Waals surface area contributed by atoms with Crippen LogP contribution in [0.25, 0.3) is 0 Å². The lowest BCUT2D eigenvalue weighted by atomic mass is 10.2. The Morgan fingerprint density at radius 2 is 1.92 bits per heavy atom. The maximum absolute atomic E-state index is 13.0. The van der Waals surface area contributed by atoms with Gasteiger partial charge in [-0.3, -0.25) is 14.9 Å². The van der Waals surface area contributed by atoms with Crippen LogP contribution in [0.1, 0.15) is 11.1 Å². The maximum atomic E-state index is 13.0. The first-order valence-corrected chi connectivity index (χ1v) is 8.11. The minimum absolute atomic E-state index is 0.0611. The van der Waals surface area contributed by atoms with E-state index in [0.29, 0.717) is 17.3 Å². The van der Waals surface area contributed by atoms with Crippen molar-refractivity contribution in [3.8, 4) is 0 Å². The van der Waals surface area contributed by atoms with Crippen LogP contribution >= 0.6 is 11.8 Å². The zero-order valence-corrected chi connectivity index (χ0v) is 14.1. The summed E-state index contributed by atoms with van der Waals surface area (Å²) >= 11 is 0.736. The third-order valence-corrected chi connectivity index (χ3v) is 4.37. The molecular weight excluding hydrogens is 376 g/mol. The molecular formula is C16H12F4N2O3S. The Morgan fingerprint density at radius 3 is 2.50 bits per heavy atom. The number of carbonyl (C=O) groups is 1. The van der Waals surface area contributed by atoms with Gasteiger partial charge in [-0.1, -0.05) is 0 Å². The topological polar surface area (TPSA) is 72.2 Å². The van der Waals surface area contributed by atoms with Gasteiger partial charge in [0.1, 0.15) is 5.82 Å². The molecule has 138 valence electrons. The van der Waals surface area contributed by atoms with Gasteiger partial charge in [0.15, 0.2) is 0 Å². The first kappa shape index (κ1) is 19.7. The van der Waals surface area contributed by atoms with Crippen LogP contribution in [0.3, 0.4) is 0 Å². The second-order valence-corrected chi connectivity index (χ2v) is 6.25. The molecule has 2 aromatic rings. The lowest BCUT2D eigenvalue weighted by Crippen LogP contribution is -2.15. The van der Waals surface area contributed by atoms with Gasteiger partial charge in [0.25, 0.3) is 5.69 Å². The van der Waals surface area contributed by atoms with Crippen molar-refractivity contribution in [2.24, 2.45) is 0 Å². The van der Waals surface area contributed by atoms with Gasteiger partial charge in [0.2, 0.25) is 5.91 Å². The van der Waals surface area contributed by atoms with E-state index in [1.165, 1.54) is 12.1 Å². The number of hydrogen-bond donors (Lipinski definition) is 1. The van der Waals surface area contributed by atoms with E-state index in [9.17, 15) is 32.5 Å². The number of amides is 1. The molecule has 2 rings (SSSR count). The summed E-state index contributed by atoms with van der Waals surface area (Å²) in [6.07, 6.45) is -4.70. The Morgan fingerprint density at radius 1 is 1.23 bits per heavy atom. The van der Waals surface area contributed by atoms with Gasteiger partial charge in [-0.2, -0.15) is 13.2 Å². The number of nitro groups is 1. The number of nitro benzene ring substituents is 1. The third-order valence-electron chi connectivity index (χ3n) is 3.30. The van der Waals surface area contributed by atoms with Gasteiger partial charge in [0, 0.05) is 11.8 Å². The number of aryl methyl sites for hydroxylation is 1. The number of halogens is 4. The van der Waals surface area contributed by atoms with E-state index in [1.54, 1.807) is 6.92 Å². The fourth-order valence-electron chi connectivity index (χ4n) is 2.06. The minimum atomic E-state index is -4.70. The summed E-state index contributed by atoms with van der Waals surface area (Å²) in [5.41, 5.74) is -1.00. The molecule has 0 aliphatic carbocycles. The van der Waals surface area contributed by atoms with Crippen molar-refractivity contribution >= 4 is 29.0 Å². The molecule has 0 heterocycles. The number of nitrogens with one attached hydrogen (secondary N) is 1. The molecule has 0 atom stereocenters. The van der Waals surface area contributed by atoms with E-state index in [2.05, 4.69) is 5.32 Å². The van der Waals surface area contributed by atoms with Gasteiger partial charge in [-0.05, 0) is 42.8 Å². The number of benzene rings is 2. The Kier molecular flexibility index (Phi) is 5.86. The standard InChI is InChI=1S/C16H12F4N2O3S/c1-9-6-11(17)3-4-12(9)21-15(23)8-26-14-5-2-10(16(18,19)20)7-13(14)22(24)25/h2-7H,8H2,1H3,(H,21,23). The molecule has 0 fully saturated rings. The number of carbonyl (C=O) groups excluding carboxylic acids is 1. The molecule has 1 amide bonds. The number of alkyl halides is 3. The molecule has 0 aromatic heterocycles. The van der Waals surface area contributed by atoms with Crippen molar-refractivity contribution in [2.75, 3.05) is 11.1 Å². The van der Waals surface area contributed by atoms with Crippen LogP contribution in [0.2, 0.25) is 0 Å². The molecule has 0 bridgehead atoms. The third kappa shape index (κ3) is 4.94. The highest BCUT2D eigenvalue weighted by Crippen LogP contribution is 2.36. The van der Waals surface area contributed by atoms with Crippen LogP contribution in [-0.2, 0) is 11.0 Å². The van der Waals surface area contributed by atoms with Crippen molar-refractivity contribution in [3.05, 3.63) is 63.5 Å². The van der Waals surface area contributed by atoms with Crippen LogP contribution in [-0.4, -0.2) is 16.6 Å². The Labute approximate surface area is 149 Å². The predicted octanol–water partition coefficient (Wildman–Crippen LogP) is 4.79. The molecule has 0 saturated heterocycles. The summed E-state index contributed by atoms with van der Waals surface area (Å²) in [5, 5.41) is 13.5. The normalized spacial score (nSPS) is 11.3. The molecule has 2 aromatic carbocycles. The molecule has 26 heavy (non-hydrogen) atoms. The minimum Gasteiger partial charge on any atom is -0.325 e. The molecule has 0 spiro atoms. The summed E-state index contributed by atoms with van der Waals surface area (Å²) in [4.78, 5) is 22.0. The SMILES string of the molecule is Cc1cc(F)ccc1NC(=O)CSc1ccc(C(F)(F)F)cc1[N+](=O)[O-]. The Hall–Kier alpha value is -2.62. The van der Waals surface area contributed by atoms with Crippen molar-refractivity contribution in [2.45, 2.75) is 18.0 Å². The molecule has 0 saturated carbocycles. The number of rotatable bonds is 5. The second kappa shape index (κ2) is 7.73. The second-order valence-electron chi connectivity index (χ2n) is 5.23. The van der Waals surface area contributed by atoms with Crippen LogP contribution in [0.5, 0.6) is 0 Å². The number of anilines is 1. The fourth-order valence-corrected chi connectivity index (χ4v) is 2.86. The average Bonchev–Trinajstić information content (AvgIpc) is 2.54. The monoisotopic (exact) mass is 388 g/mol. The summed E-state index contributed by atoms with van der Waals surface area (Å²) in [6, 6.07) is 5.87. The average molecular weight is 388 g/mol. The molecule has 1 N–H and O–H groups in total. The van der Waals surface area contributed by atoms with Crippen molar-refractivity contribution in [1.82, 2.24) is 0 Å². The zero-order valence-electron chi connectivity index (χ0n) is 13.3. The first-order chi connectivity index (χ1) is 12.1. The van der Waals surface area contributed by atoms with Gasteiger partial charge in [0.05, 0.1) is 21.1 Å². The highest BCUT2D eigenvalue weighted by Gasteiger charge is 2.33. The highest BCUT2D eigenvalue weighted by atomic mass is 32.2. The molecule has 0 radical (unpaired) electrons. The Balaban J connectivity index is 2.11. The van der Waals surface area contributed by atoms with Gasteiger partial charge in [-0.15, -0.1) is 11.8 Å². The molecule has 10 heteroatoms. The van der Waals surface area contributed by atoms with Crippen LogP contribution in [0.4, 0.5) is 28.9 Å². The highest BCUT2D eigenvalue weighted by molar-refractivity contribution is 8.00. The smallest absolute Gasteiger partial charge is 0.325 e. The summed E-state index contributed by atoms with van der Waals surface area (Å²) in [5.74, 6) is -1.25. The Bertz CT molecular complexity index is 856. The summed E-state index contributed by atoms with van der Waals surface area (Å²) in [6.45, 7) is 1.59. The molecule has 0 unspecified atom stereocenters. The van der Waals surface area contributed by atoms with Crippen LogP contribution in [0.15, 0.2) is 41.3 Å². The van der Waals surface area contributed by atoms with Crippen molar-refractivity contribution < 1.29 is 27.3 Å². The van der Waals surface area contributed by atoms with E-state index in [-0.39, 0.29) is 10.6 Å². The quantitative estimate of drug-likeness (QED) is 0.346. The summed E-state index contributed by atoms with van der Waals surface area (Å²) in [7, 11) is 0. The largest absolute Gasteiger partial charge is 0.416 e. The number of nitrogens with zero attached hydrogens (tertiary/aromatic N) is 1. The lowest BCUT2D eigenvalue weighted by molar-refractivity contribution is -0.388. The predicted molar refractivity (Wildman–Crippen MR) is 88.6 cm³/mol. The van der Waals surface area contributed by atoms with Gasteiger partial charge < -0.3 is 5.32 Å². The van der Waals surface area contributed by atoms with Crippen LogP contribution < -0.4 is 5.32 Å². The number of thioether (sulfide) groups is 1. The molecule has 5 nitrogen and oxygen atoms in total. The molecule has 0 aliphatic rings. The van der Waals surface area contributed by atoms with E-state index >= 15 is 0 Å². The van der Waals surface area contributed by atoms with E-state index < -0.39 is 34.1 Å². The van der Waals surface area contributed by atoms with Gasteiger partial charge in [-0.25, -0.2) is 4.39 Å². The number of hydrogen-bond acceptors (Lipinski definition) is 4. The van der Waals surface area contributed by atoms with E-state index in [4.69, 9.17) is 0 Å². The van der Waals surface area contributed by atoms with E-state index in [0.717, 1.165) is 30.0 Å². The zero-order chi connectivity index (χ0) is 19.5. The lowest BCUT2D eigenvalue weighted by Gasteiger charge is -2.10. The fraction of sp³-hybridized carbons (Fsp3) is 0.188. The van der Waals surface area contributed by atoms with Crippen LogP contribution in [0, 0.1) is 22.9 Å². The maximum Gasteiger partial charge on any atom is 0.416 e. The van der Waals surface area contributed by atoms with Gasteiger partial charge >= 0.3 is 6.18 Å². The van der Waals surface area contributed by atoms with Crippen molar-refractivity contribution in [3.63, 3.8) is 0 Å². The van der Waals surface area contributed by atoms with E-state index in [1.807, 2.05) is 0 Å². The first-order valence-electron chi connectivity index (χ1n) is 7.12.